The van der Waals surface area contributed by atoms with E-state index in [-0.39, 0.29) is 65.7 Å². The van der Waals surface area contributed by atoms with Crippen molar-refractivity contribution in [1.82, 2.24) is 53.6 Å². The van der Waals surface area contributed by atoms with Gasteiger partial charge in [0.25, 0.3) is 5.56 Å². The van der Waals surface area contributed by atoms with Gasteiger partial charge in [0.1, 0.15) is 11.2 Å². The van der Waals surface area contributed by atoms with Gasteiger partial charge >= 0.3 is 0 Å². The summed E-state index contributed by atoms with van der Waals surface area (Å²) >= 11 is 0. The normalized spacial score (nSPS) is 13.6. The minimum Gasteiger partial charge on any atom is -0.382 e. The lowest BCUT2D eigenvalue weighted by atomic mass is 10.2. The van der Waals surface area contributed by atoms with Crippen molar-refractivity contribution in [3.8, 4) is 0 Å². The average Bonchev–Trinajstić information content (AvgIpc) is 1.60. The molecule has 0 radical (unpaired) electrons. The van der Waals surface area contributed by atoms with E-state index in [1.165, 1.54) is 76.4 Å². The Hall–Kier alpha value is -13.6. The monoisotopic (exact) mass is 1570 g/mol. The van der Waals surface area contributed by atoms with E-state index in [0.717, 1.165) is 61.9 Å². The summed E-state index contributed by atoms with van der Waals surface area (Å²) in [4.78, 5) is 90.4. The molecule has 3 aliphatic heterocycles. The topological polar surface area (TPSA) is 435 Å². The summed E-state index contributed by atoms with van der Waals surface area (Å²) in [5, 5.41) is 48.2. The van der Waals surface area contributed by atoms with Crippen molar-refractivity contribution in [2.24, 2.45) is 42.2 Å². The molecule has 14 N–H and O–H groups in total. The number of carbonyl (C=O) groups is 3. The summed E-state index contributed by atoms with van der Waals surface area (Å²) in [6, 6.07) is 40.5. The second kappa shape index (κ2) is 36.9. The van der Waals surface area contributed by atoms with Crippen LogP contribution < -0.4 is 74.7 Å². The van der Waals surface area contributed by atoms with Crippen LogP contribution in [0.4, 0.5) is 115 Å². The number of H-pyrrole nitrogens is 1. The van der Waals surface area contributed by atoms with Crippen molar-refractivity contribution in [2.75, 3.05) is 110 Å². The van der Waals surface area contributed by atoms with Crippen LogP contribution in [0, 0.1) is 0 Å². The van der Waals surface area contributed by atoms with Crippen LogP contribution >= 0.6 is 0 Å². The Bertz CT molecular complexity index is 5630. The molecule has 3 fully saturated rings. The van der Waals surface area contributed by atoms with E-state index in [0.29, 0.717) is 109 Å². The first-order chi connectivity index (χ1) is 56.1. The van der Waals surface area contributed by atoms with E-state index < -0.39 is 0 Å². The highest BCUT2D eigenvalue weighted by molar-refractivity contribution is 5.97. The number of azo groups is 3. The molecule has 600 valence electrons. The summed E-state index contributed by atoms with van der Waals surface area (Å²) in [6.07, 6.45) is 12.7. The molecule has 0 aliphatic carbocycles. The number of nitrogens with two attached hydrogens (primary N) is 3. The summed E-state index contributed by atoms with van der Waals surface area (Å²) in [6.45, 7) is 24.3. The van der Waals surface area contributed by atoms with Crippen LogP contribution in [-0.4, -0.2) is 124 Å². The van der Waals surface area contributed by atoms with E-state index in [1.807, 2.05) is 84.0 Å². The first kappa shape index (κ1) is 80.4. The van der Waals surface area contributed by atoms with Crippen LogP contribution in [0.5, 0.6) is 0 Å². The van der Waals surface area contributed by atoms with E-state index in [1.54, 1.807) is 67.3 Å². The number of nitrogen functional groups attached to an aromatic ring is 1. The predicted molar refractivity (Wildman–Crippen MR) is 460 cm³/mol. The molecule has 0 saturated carbocycles. The maximum atomic E-state index is 13.0. The summed E-state index contributed by atoms with van der Waals surface area (Å²) in [7, 11) is 0. The molecule has 34 heteroatoms. The average molecular weight is 1570 g/mol. The number of rotatable bonds is 25. The lowest BCUT2D eigenvalue weighted by Crippen LogP contribution is -2.17. The SMILES string of the molecule is CC(=O)Nc1ccc(N=Nc2ccc(N3CCCC3)cc2)cc1Nc1nc(N)c2ncn(C(C)C)c2n1.CC(=O)Nc1ccc(N=Nc2ccc(N3CCCC3)cc2)cc1Nc1nc(NCCN)c2ncn(C(C)C)c2n1.CC(=O)Nc1ccc(N=Nc2ccc(N3CCCC3)cc2)cc1Nc1nc2c(c(CN)cn2C(C)C)c(=O)[nH]1. The van der Waals surface area contributed by atoms with Gasteiger partial charge < -0.3 is 82.8 Å². The Kier molecular flexibility index (Phi) is 25.6. The molecule has 116 heavy (non-hydrogen) atoms. The van der Waals surface area contributed by atoms with E-state index in [2.05, 4.69) is 168 Å². The van der Waals surface area contributed by atoms with Crippen molar-refractivity contribution in [1.29, 1.82) is 0 Å². The standard InChI is InChI=1S/C28H35N11O.C28H33N9O2.C26H30N10O/c1-18(2)39-17-31-25-26(30-13-12-29)34-28(35-27(25)39)33-24-16-21(8-11-23(24)32-19(3)40)37-36-20-6-9-22(10-7-20)38-14-4-5-15-38;1-17(2)37-16-19(15-29)25-26(37)32-28(33-27(25)39)31-24-14-21(8-11-23(24)30-18(3)38)35-34-20-6-9-22(10-7-20)36-12-4-5-13-36;1-16(2)36-15-28-23-24(27)31-26(32-25(23)36)30-22-14-19(8-11-21(22)29-17(3)37)34-33-18-6-9-20(10-7-18)35-12-4-5-13-35/h6-11,16-18H,4-5,12-15,29H2,1-3H3,(H,32,40)(H2,30,33,34,35);6-11,14,16-17H,4-5,12-13,15,29H2,1-3H3,(H,30,38)(H2,31,32,33,39);6-11,14-16H,4-5,12-13H2,1-3H3,(H,29,37)(H3,27,30,31,32). The first-order valence-corrected chi connectivity index (χ1v) is 39.0. The number of hydrogen-bond acceptors (Lipinski definition) is 27. The lowest BCUT2D eigenvalue weighted by Gasteiger charge is -2.17. The Morgan fingerprint density at radius 1 is 0.448 bits per heavy atom. The Balaban J connectivity index is 0.000000151. The largest absolute Gasteiger partial charge is 0.382 e. The van der Waals surface area contributed by atoms with Gasteiger partial charge in [0, 0.05) is 121 Å². The molecule has 9 heterocycles. The quantitative estimate of drug-likeness (QED) is 0.0237. The Labute approximate surface area is 670 Å². The Morgan fingerprint density at radius 2 is 0.819 bits per heavy atom. The van der Waals surface area contributed by atoms with Gasteiger partial charge in [0.2, 0.25) is 35.6 Å². The Morgan fingerprint density at radius 3 is 1.21 bits per heavy atom. The number of aromatic nitrogens is 11. The number of nitrogens with one attached hydrogen (secondary N) is 8. The number of nitrogens with zero attached hydrogens (tertiary/aromatic N) is 19. The van der Waals surface area contributed by atoms with Crippen molar-refractivity contribution < 1.29 is 14.4 Å². The number of fused-ring (bicyclic) bond motifs is 3. The van der Waals surface area contributed by atoms with Crippen LogP contribution in [0.1, 0.15) is 125 Å². The van der Waals surface area contributed by atoms with Gasteiger partial charge in [-0.2, -0.15) is 55.6 Å². The number of hydrogen-bond donors (Lipinski definition) is 11. The van der Waals surface area contributed by atoms with Gasteiger partial charge in [-0.25, -0.2) is 9.97 Å². The molecular formula is C82H98N30O4. The minimum atomic E-state index is -0.295. The molecule has 0 spiro atoms. The lowest BCUT2D eigenvalue weighted by molar-refractivity contribution is -0.115. The van der Waals surface area contributed by atoms with E-state index in [9.17, 15) is 19.2 Å². The molecule has 6 aromatic heterocycles. The molecule has 6 aromatic carbocycles. The highest BCUT2D eigenvalue weighted by Gasteiger charge is 2.22. The van der Waals surface area contributed by atoms with Crippen molar-refractivity contribution in [2.45, 2.75) is 126 Å². The molecule has 3 amide bonds. The van der Waals surface area contributed by atoms with Crippen molar-refractivity contribution in [3.63, 3.8) is 0 Å². The molecule has 12 aromatic rings. The van der Waals surface area contributed by atoms with E-state index >= 15 is 0 Å². The fraction of sp³-hybridized carbons (Fsp3) is 0.329. The first-order valence-electron chi connectivity index (χ1n) is 39.0. The third-order valence-corrected chi connectivity index (χ3v) is 19.4. The molecule has 3 saturated heterocycles. The number of amides is 3. The highest BCUT2D eigenvalue weighted by Crippen LogP contribution is 2.37. The van der Waals surface area contributed by atoms with E-state index in [4.69, 9.17) is 22.2 Å². The fourth-order valence-electron chi connectivity index (χ4n) is 13.7. The number of imidazole rings is 2. The number of carbonyl (C=O) groups excluding carboxylic acids is 3. The smallest absolute Gasteiger partial charge is 0.262 e. The molecule has 0 unspecified atom stereocenters. The zero-order chi connectivity index (χ0) is 81.5. The van der Waals surface area contributed by atoms with Gasteiger partial charge in [0.05, 0.1) is 86.3 Å². The zero-order valence-electron chi connectivity index (χ0n) is 66.6. The maximum absolute atomic E-state index is 13.0. The fourth-order valence-corrected chi connectivity index (χ4v) is 13.7. The van der Waals surface area contributed by atoms with Gasteiger partial charge in [-0.05, 0) is 213 Å². The second-order valence-electron chi connectivity index (χ2n) is 29.2. The molecule has 3 aliphatic rings. The summed E-state index contributed by atoms with van der Waals surface area (Å²) < 4.78 is 5.82. The summed E-state index contributed by atoms with van der Waals surface area (Å²) in [5.41, 5.74) is 32.1. The van der Waals surface area contributed by atoms with Gasteiger partial charge in [-0.3, -0.25) is 24.2 Å². The summed E-state index contributed by atoms with van der Waals surface area (Å²) in [5.74, 6) is 1.06. The molecule has 34 nitrogen and oxygen atoms in total. The third kappa shape index (κ3) is 19.9. The predicted octanol–water partition coefficient (Wildman–Crippen LogP) is 16.7. The molecule has 15 rings (SSSR count). The zero-order valence-corrected chi connectivity index (χ0v) is 66.6. The van der Waals surface area contributed by atoms with Crippen LogP contribution in [-0.2, 0) is 20.9 Å². The number of aromatic amines is 1. The van der Waals surface area contributed by atoms with Crippen LogP contribution in [0.2, 0.25) is 0 Å². The second-order valence-corrected chi connectivity index (χ2v) is 29.2. The van der Waals surface area contributed by atoms with Crippen molar-refractivity contribution >= 4 is 166 Å². The molecule has 0 atom stereocenters. The maximum Gasteiger partial charge on any atom is 0.262 e. The van der Waals surface area contributed by atoms with Crippen LogP contribution in [0.15, 0.2) is 182 Å². The number of benzene rings is 6. The third-order valence-electron chi connectivity index (χ3n) is 19.4. The van der Waals surface area contributed by atoms with Gasteiger partial charge in [-0.1, -0.05) is 0 Å². The van der Waals surface area contributed by atoms with Crippen LogP contribution in [0.25, 0.3) is 33.4 Å². The van der Waals surface area contributed by atoms with Crippen LogP contribution in [0.3, 0.4) is 0 Å². The number of anilines is 14. The van der Waals surface area contributed by atoms with Gasteiger partial charge in [-0.15, -0.1) is 0 Å². The minimum absolute atomic E-state index is 0.0815. The van der Waals surface area contributed by atoms with Crippen molar-refractivity contribution in [3.05, 3.63) is 162 Å². The molecular weight excluding hydrogens is 1470 g/mol. The molecule has 0 bridgehead atoms. The highest BCUT2D eigenvalue weighted by atomic mass is 16.2. The van der Waals surface area contributed by atoms with Gasteiger partial charge in [0.15, 0.2) is 28.4 Å².